The molecule has 2 heteroatoms. The lowest BCUT2D eigenvalue weighted by Gasteiger charge is -2.54. The summed E-state index contributed by atoms with van der Waals surface area (Å²) in [4.78, 5) is 0. The van der Waals surface area contributed by atoms with E-state index in [0.29, 0.717) is 12.1 Å². The highest BCUT2D eigenvalue weighted by atomic mass is 16.5. The highest BCUT2D eigenvalue weighted by Crippen LogP contribution is 2.51. The maximum absolute atomic E-state index is 6.38. The van der Waals surface area contributed by atoms with Gasteiger partial charge in [-0.1, -0.05) is 43.4 Å². The van der Waals surface area contributed by atoms with Crippen molar-refractivity contribution in [2.75, 3.05) is 0 Å². The summed E-state index contributed by atoms with van der Waals surface area (Å²) in [6.45, 7) is 4.27. The van der Waals surface area contributed by atoms with Crippen molar-refractivity contribution in [1.82, 2.24) is 0 Å². The molecule has 0 aliphatic heterocycles. The van der Waals surface area contributed by atoms with E-state index in [9.17, 15) is 0 Å². The number of aryl methyl sites for hydroxylation is 2. The Labute approximate surface area is 122 Å². The van der Waals surface area contributed by atoms with Crippen molar-refractivity contribution in [2.24, 2.45) is 11.1 Å². The Bertz CT molecular complexity index is 474. The van der Waals surface area contributed by atoms with Gasteiger partial charge < -0.3 is 10.5 Å². The van der Waals surface area contributed by atoms with E-state index in [0.717, 1.165) is 12.2 Å². The minimum Gasteiger partial charge on any atom is -0.489 e. The van der Waals surface area contributed by atoms with Gasteiger partial charge in [0.1, 0.15) is 11.9 Å². The van der Waals surface area contributed by atoms with E-state index in [1.54, 1.807) is 0 Å². The van der Waals surface area contributed by atoms with Gasteiger partial charge in [-0.2, -0.15) is 0 Å². The fourth-order valence-corrected chi connectivity index (χ4v) is 4.11. The molecule has 110 valence electrons. The average molecular weight is 273 g/mol. The second kappa shape index (κ2) is 5.40. The molecular weight excluding hydrogens is 246 g/mol. The SMILES string of the molecule is Cc1ccc(OC2CC(N)C23CCCCCC3)c(C)c1. The Morgan fingerprint density at radius 1 is 1.10 bits per heavy atom. The van der Waals surface area contributed by atoms with E-state index in [1.807, 2.05) is 0 Å². The van der Waals surface area contributed by atoms with Crippen molar-refractivity contribution < 1.29 is 4.74 Å². The summed E-state index contributed by atoms with van der Waals surface area (Å²) >= 11 is 0. The van der Waals surface area contributed by atoms with Gasteiger partial charge in [-0.05, 0) is 38.3 Å². The van der Waals surface area contributed by atoms with Crippen LogP contribution in [0.3, 0.4) is 0 Å². The van der Waals surface area contributed by atoms with Crippen LogP contribution in [0.2, 0.25) is 0 Å². The Hall–Kier alpha value is -1.02. The van der Waals surface area contributed by atoms with Crippen molar-refractivity contribution in [1.29, 1.82) is 0 Å². The molecule has 1 aromatic carbocycles. The zero-order chi connectivity index (χ0) is 14.2. The Morgan fingerprint density at radius 3 is 2.40 bits per heavy atom. The molecule has 0 amide bonds. The fourth-order valence-electron chi connectivity index (χ4n) is 4.11. The minimum atomic E-state index is 0.258. The molecule has 0 heterocycles. The number of hydrogen-bond donors (Lipinski definition) is 1. The number of hydrogen-bond acceptors (Lipinski definition) is 2. The second-order valence-corrected chi connectivity index (χ2v) is 6.87. The zero-order valence-electron chi connectivity index (χ0n) is 12.8. The van der Waals surface area contributed by atoms with Crippen LogP contribution in [0.15, 0.2) is 18.2 Å². The van der Waals surface area contributed by atoms with Gasteiger partial charge in [0, 0.05) is 17.9 Å². The van der Waals surface area contributed by atoms with Crippen LogP contribution in [0.4, 0.5) is 0 Å². The molecule has 3 rings (SSSR count). The third-order valence-electron chi connectivity index (χ3n) is 5.48. The normalized spacial score (nSPS) is 28.8. The molecule has 2 aliphatic rings. The van der Waals surface area contributed by atoms with Gasteiger partial charge in [0.05, 0.1) is 0 Å². The first-order valence-electron chi connectivity index (χ1n) is 8.11. The van der Waals surface area contributed by atoms with Crippen molar-refractivity contribution in [3.05, 3.63) is 29.3 Å². The maximum Gasteiger partial charge on any atom is 0.122 e. The molecule has 2 nitrogen and oxygen atoms in total. The summed E-state index contributed by atoms with van der Waals surface area (Å²) in [6, 6.07) is 6.81. The lowest BCUT2D eigenvalue weighted by atomic mass is 9.58. The highest BCUT2D eigenvalue weighted by Gasteiger charge is 2.54. The first-order chi connectivity index (χ1) is 9.62. The maximum atomic E-state index is 6.38. The lowest BCUT2D eigenvalue weighted by Crippen LogP contribution is -2.63. The van der Waals surface area contributed by atoms with E-state index >= 15 is 0 Å². The van der Waals surface area contributed by atoms with Gasteiger partial charge in [-0.15, -0.1) is 0 Å². The predicted molar refractivity (Wildman–Crippen MR) is 83.1 cm³/mol. The van der Waals surface area contributed by atoms with Crippen LogP contribution >= 0.6 is 0 Å². The van der Waals surface area contributed by atoms with E-state index in [1.165, 1.54) is 49.7 Å². The van der Waals surface area contributed by atoms with Crippen molar-refractivity contribution >= 4 is 0 Å². The highest BCUT2D eigenvalue weighted by molar-refractivity contribution is 5.36. The first kappa shape index (κ1) is 13.9. The molecule has 2 aliphatic carbocycles. The molecule has 2 atom stereocenters. The molecule has 2 unspecified atom stereocenters. The minimum absolute atomic E-state index is 0.258. The van der Waals surface area contributed by atoms with Crippen LogP contribution in [0.1, 0.15) is 56.1 Å². The molecule has 0 saturated heterocycles. The second-order valence-electron chi connectivity index (χ2n) is 6.87. The van der Waals surface area contributed by atoms with Gasteiger partial charge in [-0.3, -0.25) is 0 Å². The van der Waals surface area contributed by atoms with Gasteiger partial charge >= 0.3 is 0 Å². The van der Waals surface area contributed by atoms with E-state index < -0.39 is 0 Å². The molecular formula is C18H27NO. The average Bonchev–Trinajstić information content (AvgIpc) is 2.69. The monoisotopic (exact) mass is 273 g/mol. The Balaban J connectivity index is 1.76. The molecule has 2 saturated carbocycles. The fraction of sp³-hybridized carbons (Fsp3) is 0.667. The number of benzene rings is 1. The van der Waals surface area contributed by atoms with Crippen LogP contribution in [0.25, 0.3) is 0 Å². The van der Waals surface area contributed by atoms with Crippen LogP contribution in [-0.4, -0.2) is 12.1 Å². The summed E-state index contributed by atoms with van der Waals surface area (Å²) in [5.41, 5.74) is 9.18. The molecule has 1 aromatic rings. The Morgan fingerprint density at radius 2 is 1.80 bits per heavy atom. The summed E-state index contributed by atoms with van der Waals surface area (Å²) in [6.07, 6.45) is 9.23. The quantitative estimate of drug-likeness (QED) is 0.879. The molecule has 20 heavy (non-hydrogen) atoms. The van der Waals surface area contributed by atoms with Crippen LogP contribution in [0, 0.1) is 19.3 Å². The summed E-state index contributed by atoms with van der Waals surface area (Å²) < 4.78 is 6.38. The van der Waals surface area contributed by atoms with Crippen molar-refractivity contribution in [2.45, 2.75) is 70.9 Å². The van der Waals surface area contributed by atoms with E-state index in [-0.39, 0.29) is 5.41 Å². The van der Waals surface area contributed by atoms with Crippen molar-refractivity contribution in [3.8, 4) is 5.75 Å². The van der Waals surface area contributed by atoms with Gasteiger partial charge in [0.2, 0.25) is 0 Å². The molecule has 0 radical (unpaired) electrons. The van der Waals surface area contributed by atoms with E-state index in [4.69, 9.17) is 10.5 Å². The summed E-state index contributed by atoms with van der Waals surface area (Å²) in [7, 11) is 0. The smallest absolute Gasteiger partial charge is 0.122 e. The van der Waals surface area contributed by atoms with Gasteiger partial charge in [0.15, 0.2) is 0 Å². The number of nitrogens with two attached hydrogens (primary N) is 1. The van der Waals surface area contributed by atoms with Crippen LogP contribution in [0.5, 0.6) is 5.75 Å². The van der Waals surface area contributed by atoms with E-state index in [2.05, 4.69) is 32.0 Å². The molecule has 2 fully saturated rings. The topological polar surface area (TPSA) is 35.2 Å². The molecule has 1 spiro atoms. The molecule has 0 aromatic heterocycles. The van der Waals surface area contributed by atoms with Crippen molar-refractivity contribution in [3.63, 3.8) is 0 Å². The van der Waals surface area contributed by atoms with Crippen LogP contribution in [-0.2, 0) is 0 Å². The largest absolute Gasteiger partial charge is 0.489 e. The molecule has 2 N–H and O–H groups in total. The summed E-state index contributed by atoms with van der Waals surface area (Å²) in [5, 5.41) is 0. The van der Waals surface area contributed by atoms with Gasteiger partial charge in [0.25, 0.3) is 0 Å². The zero-order valence-corrected chi connectivity index (χ0v) is 12.8. The number of ether oxygens (including phenoxy) is 1. The standard InChI is InChI=1S/C18H27NO/c1-13-7-8-15(14(2)11-13)20-17-12-16(19)18(17)9-5-3-4-6-10-18/h7-8,11,16-17H,3-6,9-10,12,19H2,1-2H3. The third-order valence-corrected chi connectivity index (χ3v) is 5.48. The lowest BCUT2D eigenvalue weighted by molar-refractivity contribution is -0.0773. The van der Waals surface area contributed by atoms with Gasteiger partial charge in [-0.25, -0.2) is 0 Å². The Kier molecular flexibility index (Phi) is 3.76. The first-order valence-corrected chi connectivity index (χ1v) is 8.11. The summed E-state index contributed by atoms with van der Waals surface area (Å²) in [5.74, 6) is 1.05. The predicted octanol–water partition coefficient (Wildman–Crippen LogP) is 4.12. The molecule has 0 bridgehead atoms. The van der Waals surface area contributed by atoms with Crippen LogP contribution < -0.4 is 10.5 Å². The number of rotatable bonds is 2. The third kappa shape index (κ3) is 2.35.